The number of likely N-dealkylation sites (tertiary alicyclic amines) is 1. The number of rotatable bonds is 5. The number of hydrogen-bond acceptors (Lipinski definition) is 6. The van der Waals surface area contributed by atoms with Gasteiger partial charge in [0.1, 0.15) is 5.82 Å². The Bertz CT molecular complexity index is 1350. The summed E-state index contributed by atoms with van der Waals surface area (Å²) < 4.78 is 0. The maximum absolute atomic E-state index is 13.6. The van der Waals surface area contributed by atoms with Gasteiger partial charge < -0.3 is 14.7 Å². The van der Waals surface area contributed by atoms with Gasteiger partial charge in [0.2, 0.25) is 5.95 Å². The van der Waals surface area contributed by atoms with Crippen molar-refractivity contribution in [1.29, 1.82) is 0 Å². The Balaban J connectivity index is 1.15. The van der Waals surface area contributed by atoms with Crippen molar-refractivity contribution in [2.75, 3.05) is 49.1 Å². The zero-order valence-electron chi connectivity index (χ0n) is 21.0. The van der Waals surface area contributed by atoms with Crippen LogP contribution in [0.5, 0.6) is 0 Å². The summed E-state index contributed by atoms with van der Waals surface area (Å²) in [6.07, 6.45) is 8.53. The van der Waals surface area contributed by atoms with Gasteiger partial charge in [0, 0.05) is 63.2 Å². The van der Waals surface area contributed by atoms with Crippen molar-refractivity contribution in [3.05, 3.63) is 90.4 Å². The molecule has 7 nitrogen and oxygen atoms in total. The Kier molecular flexibility index (Phi) is 6.67. The van der Waals surface area contributed by atoms with E-state index in [9.17, 15) is 4.79 Å². The molecule has 0 radical (unpaired) electrons. The number of aromatic nitrogens is 3. The van der Waals surface area contributed by atoms with E-state index < -0.39 is 0 Å². The van der Waals surface area contributed by atoms with Gasteiger partial charge in [-0.3, -0.25) is 4.79 Å². The third kappa shape index (κ3) is 4.99. The van der Waals surface area contributed by atoms with Gasteiger partial charge in [-0.1, -0.05) is 54.6 Å². The molecule has 0 aliphatic carbocycles. The van der Waals surface area contributed by atoms with Crippen LogP contribution in [0.1, 0.15) is 28.8 Å². The van der Waals surface area contributed by atoms with Crippen LogP contribution in [-0.4, -0.2) is 65.0 Å². The van der Waals surface area contributed by atoms with Crippen molar-refractivity contribution < 1.29 is 4.79 Å². The van der Waals surface area contributed by atoms with E-state index >= 15 is 0 Å². The highest BCUT2D eigenvalue weighted by Crippen LogP contribution is 2.30. The number of piperidine rings is 1. The number of fused-ring (bicyclic) bond motifs is 1. The number of nitrogens with zero attached hydrogens (tertiary/aromatic N) is 6. The highest BCUT2D eigenvalue weighted by molar-refractivity contribution is 6.09. The summed E-state index contributed by atoms with van der Waals surface area (Å²) >= 11 is 0. The number of carbonyl (C=O) groups is 1. The largest absolute Gasteiger partial charge is 0.353 e. The number of hydrogen-bond donors (Lipinski definition) is 0. The minimum atomic E-state index is 0.0967. The molecule has 188 valence electrons. The van der Waals surface area contributed by atoms with E-state index in [4.69, 9.17) is 4.98 Å². The minimum absolute atomic E-state index is 0.0967. The lowest BCUT2D eigenvalue weighted by Crippen LogP contribution is -2.47. The average Bonchev–Trinajstić information content (AvgIpc) is 2.98. The Labute approximate surface area is 217 Å². The molecule has 6 rings (SSSR count). The molecule has 0 saturated carbocycles. The third-order valence-corrected chi connectivity index (χ3v) is 7.69. The molecule has 2 saturated heterocycles. The Morgan fingerprint density at radius 3 is 2.11 bits per heavy atom. The van der Waals surface area contributed by atoms with E-state index in [2.05, 4.69) is 62.2 Å². The first-order valence-electron chi connectivity index (χ1n) is 13.2. The first-order chi connectivity index (χ1) is 18.3. The zero-order valence-corrected chi connectivity index (χ0v) is 21.0. The number of anilines is 2. The Morgan fingerprint density at radius 1 is 0.730 bits per heavy atom. The summed E-state index contributed by atoms with van der Waals surface area (Å²) in [4.78, 5) is 33.8. The molecule has 0 atom stereocenters. The molecule has 0 N–H and O–H groups in total. The zero-order chi connectivity index (χ0) is 25.0. The molecule has 1 amide bonds. The molecule has 0 unspecified atom stereocenters. The molecular formula is C30H32N6O. The van der Waals surface area contributed by atoms with E-state index in [-0.39, 0.29) is 5.91 Å². The van der Waals surface area contributed by atoms with Crippen molar-refractivity contribution in [3.63, 3.8) is 0 Å². The Hall–Kier alpha value is -4.00. The van der Waals surface area contributed by atoms with E-state index in [1.165, 1.54) is 5.56 Å². The molecule has 2 aliphatic rings. The van der Waals surface area contributed by atoms with Gasteiger partial charge in [-0.2, -0.15) is 0 Å². The minimum Gasteiger partial charge on any atom is -0.353 e. The molecule has 4 aromatic rings. The molecular weight excluding hydrogens is 460 g/mol. The van der Waals surface area contributed by atoms with Crippen LogP contribution in [0.15, 0.2) is 79.3 Å². The van der Waals surface area contributed by atoms with E-state index in [0.29, 0.717) is 11.5 Å². The van der Waals surface area contributed by atoms with Crippen molar-refractivity contribution >= 4 is 28.4 Å². The van der Waals surface area contributed by atoms with Crippen LogP contribution < -0.4 is 9.80 Å². The predicted octanol–water partition coefficient (Wildman–Crippen LogP) is 4.45. The fourth-order valence-electron chi connectivity index (χ4n) is 5.63. The summed E-state index contributed by atoms with van der Waals surface area (Å²) in [7, 11) is 0. The molecule has 2 fully saturated rings. The van der Waals surface area contributed by atoms with Crippen LogP contribution in [-0.2, 0) is 6.42 Å². The van der Waals surface area contributed by atoms with Gasteiger partial charge >= 0.3 is 0 Å². The van der Waals surface area contributed by atoms with E-state index in [1.807, 2.05) is 23.1 Å². The van der Waals surface area contributed by atoms with Crippen molar-refractivity contribution in [1.82, 2.24) is 19.9 Å². The molecule has 0 spiro atoms. The summed E-state index contributed by atoms with van der Waals surface area (Å²) in [6, 6.07) is 20.7. The van der Waals surface area contributed by atoms with Crippen LogP contribution in [0.25, 0.3) is 10.8 Å². The molecule has 7 heteroatoms. The highest BCUT2D eigenvalue weighted by atomic mass is 16.2. The number of piperazine rings is 1. The standard InChI is InChI=1S/C30H32N6O/c37-29(35-15-11-24(12-16-35)21-23-7-2-1-3-8-23)27-22-33-28(26-10-5-4-9-25(26)27)34-17-19-36(20-18-34)30-31-13-6-14-32-30/h1-10,13-14,22,24H,11-12,15-21H2. The Morgan fingerprint density at radius 2 is 1.38 bits per heavy atom. The summed E-state index contributed by atoms with van der Waals surface area (Å²) in [5.74, 6) is 2.44. The second-order valence-electron chi connectivity index (χ2n) is 9.99. The molecule has 37 heavy (non-hydrogen) atoms. The monoisotopic (exact) mass is 492 g/mol. The normalized spacial score (nSPS) is 16.8. The predicted molar refractivity (Wildman–Crippen MR) is 147 cm³/mol. The maximum atomic E-state index is 13.6. The number of benzene rings is 2. The molecule has 0 bridgehead atoms. The lowest BCUT2D eigenvalue weighted by atomic mass is 9.90. The molecule has 4 heterocycles. The first kappa shape index (κ1) is 23.4. The topological polar surface area (TPSA) is 65.5 Å². The van der Waals surface area contributed by atoms with Gasteiger partial charge in [0.25, 0.3) is 5.91 Å². The van der Waals surface area contributed by atoms with Gasteiger partial charge in [-0.05, 0) is 42.2 Å². The second kappa shape index (κ2) is 10.5. The fraction of sp³-hybridized carbons (Fsp3) is 0.333. The quantitative estimate of drug-likeness (QED) is 0.410. The van der Waals surface area contributed by atoms with Crippen molar-refractivity contribution in [3.8, 4) is 0 Å². The fourth-order valence-corrected chi connectivity index (χ4v) is 5.63. The second-order valence-corrected chi connectivity index (χ2v) is 9.99. The van der Waals surface area contributed by atoms with Crippen LogP contribution in [0.3, 0.4) is 0 Å². The number of carbonyl (C=O) groups excluding carboxylic acids is 1. The van der Waals surface area contributed by atoms with Gasteiger partial charge in [0.05, 0.1) is 5.56 Å². The average molecular weight is 493 g/mol. The smallest absolute Gasteiger partial charge is 0.256 e. The number of pyridine rings is 1. The van der Waals surface area contributed by atoms with E-state index in [1.54, 1.807) is 18.6 Å². The van der Waals surface area contributed by atoms with E-state index in [0.717, 1.165) is 81.1 Å². The maximum Gasteiger partial charge on any atom is 0.256 e. The first-order valence-corrected chi connectivity index (χ1v) is 13.2. The number of amides is 1. The van der Waals surface area contributed by atoms with Crippen molar-refractivity contribution in [2.45, 2.75) is 19.3 Å². The van der Waals surface area contributed by atoms with Crippen LogP contribution in [0.4, 0.5) is 11.8 Å². The summed E-state index contributed by atoms with van der Waals surface area (Å²) in [6.45, 7) is 4.93. The third-order valence-electron chi connectivity index (χ3n) is 7.69. The summed E-state index contributed by atoms with van der Waals surface area (Å²) in [5, 5.41) is 2.02. The molecule has 2 aliphatic heterocycles. The summed E-state index contributed by atoms with van der Waals surface area (Å²) in [5.41, 5.74) is 2.09. The van der Waals surface area contributed by atoms with Crippen LogP contribution in [0.2, 0.25) is 0 Å². The van der Waals surface area contributed by atoms with Crippen LogP contribution >= 0.6 is 0 Å². The van der Waals surface area contributed by atoms with Crippen molar-refractivity contribution in [2.24, 2.45) is 5.92 Å². The van der Waals surface area contributed by atoms with Crippen LogP contribution in [0, 0.1) is 5.92 Å². The molecule has 2 aromatic carbocycles. The molecule has 2 aromatic heterocycles. The van der Waals surface area contributed by atoms with Gasteiger partial charge in [-0.15, -0.1) is 0 Å². The van der Waals surface area contributed by atoms with Gasteiger partial charge in [-0.25, -0.2) is 15.0 Å². The van der Waals surface area contributed by atoms with Gasteiger partial charge in [0.15, 0.2) is 0 Å². The SMILES string of the molecule is O=C(c1cnc(N2CCN(c3ncccn3)CC2)c2ccccc12)N1CCC(Cc2ccccc2)CC1. The lowest BCUT2D eigenvalue weighted by molar-refractivity contribution is 0.0692. The highest BCUT2D eigenvalue weighted by Gasteiger charge is 2.27. The lowest BCUT2D eigenvalue weighted by Gasteiger charge is -2.36.